The zero-order valence-electron chi connectivity index (χ0n) is 8.45. The zero-order chi connectivity index (χ0) is 12.4. The number of pyridine rings is 1. The summed E-state index contributed by atoms with van der Waals surface area (Å²) >= 11 is 4.40. The number of rotatable bonds is 2. The van der Waals surface area contributed by atoms with Crippen LogP contribution in [0.3, 0.4) is 0 Å². The van der Waals surface area contributed by atoms with Gasteiger partial charge in [-0.25, -0.2) is 13.8 Å². The molecule has 2 nitrogen and oxygen atoms in total. The van der Waals surface area contributed by atoms with Crippen LogP contribution in [0.4, 0.5) is 14.6 Å². The van der Waals surface area contributed by atoms with E-state index in [0.29, 0.717) is 0 Å². The highest BCUT2D eigenvalue weighted by Gasteiger charge is 2.11. The van der Waals surface area contributed by atoms with Crippen LogP contribution in [0.1, 0.15) is 0 Å². The predicted molar refractivity (Wildman–Crippen MR) is 66.8 cm³/mol. The summed E-state index contributed by atoms with van der Waals surface area (Å²) in [6.07, 6.45) is 0. The number of hydrogen-bond acceptors (Lipinski definition) is 3. The van der Waals surface area contributed by atoms with E-state index < -0.39 is 11.6 Å². The summed E-state index contributed by atoms with van der Waals surface area (Å²) in [5.74, 6) is -1.87. The molecule has 1 aromatic heterocycles. The maximum absolute atomic E-state index is 13.4. The first-order valence-electron chi connectivity index (χ1n) is 4.61. The molecule has 2 rings (SSSR count). The molecule has 0 saturated heterocycles. The molecule has 0 aliphatic rings. The molecule has 17 heavy (non-hydrogen) atoms. The van der Waals surface area contributed by atoms with Gasteiger partial charge < -0.3 is 5.73 Å². The Morgan fingerprint density at radius 2 is 1.94 bits per heavy atom. The number of halogens is 3. The van der Waals surface area contributed by atoms with Gasteiger partial charge in [-0.15, -0.1) is 0 Å². The van der Waals surface area contributed by atoms with E-state index in [1.807, 2.05) is 18.2 Å². The minimum atomic E-state index is -0.846. The van der Waals surface area contributed by atoms with E-state index in [1.54, 1.807) is 6.07 Å². The van der Waals surface area contributed by atoms with Crippen LogP contribution in [0.25, 0.3) is 0 Å². The molecular weight excluding hydrogens is 310 g/mol. The Balaban J connectivity index is 2.33. The highest BCUT2D eigenvalue weighted by Crippen LogP contribution is 2.31. The van der Waals surface area contributed by atoms with E-state index in [-0.39, 0.29) is 10.8 Å². The number of nitrogens with two attached hydrogens (primary N) is 1. The van der Waals surface area contributed by atoms with Gasteiger partial charge in [0.2, 0.25) is 0 Å². The maximum Gasteiger partial charge on any atom is 0.168 e. The van der Waals surface area contributed by atoms with Crippen molar-refractivity contribution in [1.82, 2.24) is 4.98 Å². The molecule has 0 bridgehead atoms. The Kier molecular flexibility index (Phi) is 3.63. The molecule has 2 aromatic rings. The fourth-order valence-corrected chi connectivity index (χ4v) is 2.58. The van der Waals surface area contributed by atoms with E-state index in [9.17, 15) is 8.78 Å². The summed E-state index contributed by atoms with van der Waals surface area (Å²) in [6.45, 7) is 0. The van der Waals surface area contributed by atoms with Crippen molar-refractivity contribution in [2.45, 2.75) is 9.92 Å². The second kappa shape index (κ2) is 5.01. The molecule has 2 N–H and O–H groups in total. The third-order valence-corrected chi connectivity index (χ3v) is 3.40. The smallest absolute Gasteiger partial charge is 0.168 e. The highest BCUT2D eigenvalue weighted by atomic mass is 79.9. The predicted octanol–water partition coefficient (Wildman–Crippen LogP) is 3.86. The van der Waals surface area contributed by atoms with Gasteiger partial charge in [0, 0.05) is 15.4 Å². The van der Waals surface area contributed by atoms with Crippen molar-refractivity contribution in [3.8, 4) is 0 Å². The fraction of sp³-hybridized carbons (Fsp3) is 0. The molecule has 88 valence electrons. The molecule has 0 aliphatic heterocycles. The second-order valence-corrected chi connectivity index (χ2v) is 5.18. The number of hydrogen-bond donors (Lipinski definition) is 1. The molecule has 1 heterocycles. The zero-order valence-corrected chi connectivity index (χ0v) is 10.9. The molecule has 0 atom stereocenters. The SMILES string of the molecule is Nc1nc(Sc2cccc(Br)c2)c(F)cc1F. The average molecular weight is 317 g/mol. The number of anilines is 1. The molecule has 0 saturated carbocycles. The minimum Gasteiger partial charge on any atom is -0.381 e. The van der Waals surface area contributed by atoms with Gasteiger partial charge in [0.25, 0.3) is 0 Å². The van der Waals surface area contributed by atoms with E-state index in [1.165, 1.54) is 0 Å². The number of nitrogens with zero attached hydrogens (tertiary/aromatic N) is 1. The molecule has 1 aromatic carbocycles. The third kappa shape index (κ3) is 2.95. The Bertz CT molecular complexity index is 563. The lowest BCUT2D eigenvalue weighted by Crippen LogP contribution is -1.98. The van der Waals surface area contributed by atoms with Crippen molar-refractivity contribution in [1.29, 1.82) is 0 Å². The number of benzene rings is 1. The van der Waals surface area contributed by atoms with Gasteiger partial charge in [-0.05, 0) is 18.2 Å². The molecule has 0 amide bonds. The summed E-state index contributed by atoms with van der Waals surface area (Å²) in [7, 11) is 0. The third-order valence-electron chi connectivity index (χ3n) is 1.94. The lowest BCUT2D eigenvalue weighted by atomic mass is 10.4. The van der Waals surface area contributed by atoms with Gasteiger partial charge in [-0.3, -0.25) is 0 Å². The van der Waals surface area contributed by atoms with Crippen LogP contribution in [-0.4, -0.2) is 4.98 Å². The van der Waals surface area contributed by atoms with Crippen molar-refractivity contribution in [3.63, 3.8) is 0 Å². The number of nitrogen functional groups attached to an aromatic ring is 1. The Labute approximate surface area is 109 Å². The first-order valence-corrected chi connectivity index (χ1v) is 6.22. The van der Waals surface area contributed by atoms with Crippen LogP contribution < -0.4 is 5.73 Å². The quantitative estimate of drug-likeness (QED) is 0.914. The molecule has 0 aliphatic carbocycles. The summed E-state index contributed by atoms with van der Waals surface area (Å²) in [6, 6.07) is 8.02. The summed E-state index contributed by atoms with van der Waals surface area (Å²) < 4.78 is 27.2. The van der Waals surface area contributed by atoms with Gasteiger partial charge in [-0.1, -0.05) is 33.8 Å². The van der Waals surface area contributed by atoms with Gasteiger partial charge >= 0.3 is 0 Å². The van der Waals surface area contributed by atoms with Crippen LogP contribution in [0, 0.1) is 11.6 Å². The van der Waals surface area contributed by atoms with Crippen molar-refractivity contribution < 1.29 is 8.78 Å². The lowest BCUT2D eigenvalue weighted by molar-refractivity contribution is 0.552. The molecule has 0 spiro atoms. The molecule has 0 fully saturated rings. The van der Waals surface area contributed by atoms with E-state index in [2.05, 4.69) is 20.9 Å². The summed E-state index contributed by atoms with van der Waals surface area (Å²) in [5, 5.41) is 0.0574. The fourth-order valence-electron chi connectivity index (χ4n) is 1.18. The standard InChI is InChI=1S/C11H7BrF2N2S/c12-6-2-1-3-7(4-6)17-11-9(14)5-8(13)10(15)16-11/h1-5H,(H2,15,16). The van der Waals surface area contributed by atoms with Crippen LogP contribution in [0.5, 0.6) is 0 Å². The summed E-state index contributed by atoms with van der Waals surface area (Å²) in [5.41, 5.74) is 5.30. The first-order chi connectivity index (χ1) is 8.06. The average Bonchev–Trinajstić information content (AvgIpc) is 2.26. The van der Waals surface area contributed by atoms with E-state index >= 15 is 0 Å². The Morgan fingerprint density at radius 3 is 2.65 bits per heavy atom. The molecule has 0 unspecified atom stereocenters. The van der Waals surface area contributed by atoms with Gasteiger partial charge in [0.15, 0.2) is 17.5 Å². The van der Waals surface area contributed by atoms with Crippen molar-refractivity contribution in [3.05, 3.63) is 46.4 Å². The van der Waals surface area contributed by atoms with Gasteiger partial charge in [0.1, 0.15) is 5.03 Å². The number of aromatic nitrogens is 1. The normalized spacial score (nSPS) is 10.5. The van der Waals surface area contributed by atoms with E-state index in [0.717, 1.165) is 27.2 Å². The van der Waals surface area contributed by atoms with Crippen molar-refractivity contribution in [2.24, 2.45) is 0 Å². The topological polar surface area (TPSA) is 38.9 Å². The molecule has 0 radical (unpaired) electrons. The van der Waals surface area contributed by atoms with Crippen molar-refractivity contribution >= 4 is 33.5 Å². The maximum atomic E-state index is 13.4. The van der Waals surface area contributed by atoms with Crippen LogP contribution in [0.2, 0.25) is 0 Å². The molecular formula is C11H7BrF2N2S. The minimum absolute atomic E-state index is 0.0574. The largest absolute Gasteiger partial charge is 0.381 e. The van der Waals surface area contributed by atoms with Crippen LogP contribution in [0.15, 0.2) is 44.7 Å². The highest BCUT2D eigenvalue weighted by molar-refractivity contribution is 9.10. The van der Waals surface area contributed by atoms with Gasteiger partial charge in [-0.2, -0.15) is 0 Å². The molecule has 6 heteroatoms. The Morgan fingerprint density at radius 1 is 1.18 bits per heavy atom. The van der Waals surface area contributed by atoms with Crippen LogP contribution >= 0.6 is 27.7 Å². The Hall–Kier alpha value is -1.14. The first kappa shape index (κ1) is 12.3. The van der Waals surface area contributed by atoms with Crippen LogP contribution in [-0.2, 0) is 0 Å². The van der Waals surface area contributed by atoms with Crippen molar-refractivity contribution in [2.75, 3.05) is 5.73 Å². The van der Waals surface area contributed by atoms with Gasteiger partial charge in [0.05, 0.1) is 0 Å². The monoisotopic (exact) mass is 316 g/mol. The lowest BCUT2D eigenvalue weighted by Gasteiger charge is -2.04. The second-order valence-electron chi connectivity index (χ2n) is 3.20. The summed E-state index contributed by atoms with van der Waals surface area (Å²) in [4.78, 5) is 4.46. The van der Waals surface area contributed by atoms with E-state index in [4.69, 9.17) is 5.73 Å².